The topological polar surface area (TPSA) is 46.6 Å². The Morgan fingerprint density at radius 2 is 1.67 bits per heavy atom. The number of hydrogen-bond acceptors (Lipinski definition) is 4. The number of benzene rings is 3. The summed E-state index contributed by atoms with van der Waals surface area (Å²) in [5.74, 6) is 1.46. The van der Waals surface area contributed by atoms with E-state index in [2.05, 4.69) is 30.3 Å². The molecule has 0 saturated carbocycles. The summed E-state index contributed by atoms with van der Waals surface area (Å²) in [4.78, 5) is 28.4. The Bertz CT molecular complexity index is 1040. The Morgan fingerprint density at radius 1 is 0.967 bits per heavy atom. The lowest BCUT2D eigenvalue weighted by Crippen LogP contribution is -2.41. The number of thioether (sulfide) groups is 1. The number of ketones is 1. The van der Waals surface area contributed by atoms with Crippen molar-refractivity contribution in [3.05, 3.63) is 72.3 Å². The van der Waals surface area contributed by atoms with Crippen molar-refractivity contribution < 1.29 is 14.3 Å². The van der Waals surface area contributed by atoms with Gasteiger partial charge in [-0.3, -0.25) is 9.59 Å². The Kier molecular flexibility index (Phi) is 6.38. The van der Waals surface area contributed by atoms with Gasteiger partial charge in [0.2, 0.25) is 5.91 Å². The van der Waals surface area contributed by atoms with Crippen molar-refractivity contribution in [3.63, 3.8) is 0 Å². The fraction of sp³-hybridized carbons (Fsp3) is 0.280. The quantitative estimate of drug-likeness (QED) is 0.414. The molecule has 154 valence electrons. The van der Waals surface area contributed by atoms with E-state index in [1.54, 1.807) is 18.9 Å². The number of Topliss-reactive ketones (excluding diaryl/α,β-unsaturated/α-hetero) is 1. The highest BCUT2D eigenvalue weighted by molar-refractivity contribution is 8.00. The standard InChI is InChI=1S/C25H25NO3S/c1-29-22-9-6-19(7-10-22)25(28)20-12-14-26(15-13-20)24(27)17-30-23-11-8-18-4-2-3-5-21(18)16-23/h2-11,16,20H,12-15,17H2,1H3. The minimum absolute atomic E-state index is 0.0180. The largest absolute Gasteiger partial charge is 0.497 e. The molecule has 3 aromatic carbocycles. The van der Waals surface area contributed by atoms with E-state index >= 15 is 0 Å². The van der Waals surface area contributed by atoms with Crippen molar-refractivity contribution in [1.29, 1.82) is 0 Å². The SMILES string of the molecule is COc1ccc(C(=O)C2CCN(C(=O)CSc3ccc4ccccc4c3)CC2)cc1. The van der Waals surface area contributed by atoms with Gasteiger partial charge in [0.05, 0.1) is 12.9 Å². The summed E-state index contributed by atoms with van der Waals surface area (Å²) in [6.45, 7) is 1.29. The molecule has 30 heavy (non-hydrogen) atoms. The van der Waals surface area contributed by atoms with Gasteiger partial charge in [-0.15, -0.1) is 11.8 Å². The van der Waals surface area contributed by atoms with Gasteiger partial charge in [0.25, 0.3) is 0 Å². The maximum atomic E-state index is 12.7. The van der Waals surface area contributed by atoms with Gasteiger partial charge in [-0.25, -0.2) is 0 Å². The third-order valence-corrected chi connectivity index (χ3v) is 6.65. The number of hydrogen-bond donors (Lipinski definition) is 0. The monoisotopic (exact) mass is 419 g/mol. The number of amides is 1. The van der Waals surface area contributed by atoms with E-state index in [-0.39, 0.29) is 17.6 Å². The Balaban J connectivity index is 1.28. The van der Waals surface area contributed by atoms with Crippen molar-refractivity contribution in [1.82, 2.24) is 4.90 Å². The van der Waals surface area contributed by atoms with Crippen LogP contribution in [0.5, 0.6) is 5.75 Å². The second-order valence-electron chi connectivity index (χ2n) is 7.55. The Labute approximate surface area is 181 Å². The molecule has 0 unspecified atom stereocenters. The molecule has 0 aliphatic carbocycles. The number of rotatable bonds is 6. The normalized spacial score (nSPS) is 14.6. The Morgan fingerprint density at radius 3 is 2.37 bits per heavy atom. The van der Waals surface area contributed by atoms with Crippen LogP contribution >= 0.6 is 11.8 Å². The van der Waals surface area contributed by atoms with E-state index in [0.717, 1.165) is 23.5 Å². The summed E-state index contributed by atoms with van der Waals surface area (Å²) in [6, 6.07) is 21.8. The average Bonchev–Trinajstić information content (AvgIpc) is 2.82. The third kappa shape index (κ3) is 4.68. The van der Waals surface area contributed by atoms with Crippen molar-refractivity contribution >= 4 is 34.2 Å². The average molecular weight is 420 g/mol. The molecule has 1 fully saturated rings. The minimum atomic E-state index is -0.0180. The highest BCUT2D eigenvalue weighted by Crippen LogP contribution is 2.26. The van der Waals surface area contributed by atoms with Crippen LogP contribution in [0.15, 0.2) is 71.6 Å². The summed E-state index contributed by atoms with van der Waals surface area (Å²) in [7, 11) is 1.61. The number of carbonyl (C=O) groups excluding carboxylic acids is 2. The number of methoxy groups -OCH3 is 1. The molecule has 0 bridgehead atoms. The first-order valence-electron chi connectivity index (χ1n) is 10.2. The molecule has 0 radical (unpaired) electrons. The van der Waals surface area contributed by atoms with Crippen LogP contribution in [0.2, 0.25) is 0 Å². The van der Waals surface area contributed by atoms with Crippen LogP contribution in [0.4, 0.5) is 0 Å². The number of nitrogens with zero attached hydrogens (tertiary/aromatic N) is 1. The van der Waals surface area contributed by atoms with E-state index in [4.69, 9.17) is 4.74 Å². The minimum Gasteiger partial charge on any atom is -0.497 e. The molecule has 4 nitrogen and oxygen atoms in total. The second kappa shape index (κ2) is 9.35. The zero-order valence-corrected chi connectivity index (χ0v) is 17.9. The lowest BCUT2D eigenvalue weighted by molar-refractivity contribution is -0.129. The van der Waals surface area contributed by atoms with Crippen molar-refractivity contribution in [2.24, 2.45) is 5.92 Å². The van der Waals surface area contributed by atoms with Gasteiger partial charge in [-0.05, 0) is 60.0 Å². The van der Waals surface area contributed by atoms with E-state index in [1.165, 1.54) is 10.8 Å². The molecule has 1 aliphatic rings. The fourth-order valence-electron chi connectivity index (χ4n) is 3.88. The summed E-state index contributed by atoms with van der Waals surface area (Å²) in [5, 5.41) is 2.39. The summed E-state index contributed by atoms with van der Waals surface area (Å²) in [6.07, 6.45) is 1.44. The van der Waals surface area contributed by atoms with Crippen LogP contribution in [0.1, 0.15) is 23.2 Å². The first kappa shape index (κ1) is 20.5. The molecule has 1 heterocycles. The molecule has 0 spiro atoms. The Hall–Kier alpha value is -2.79. The van der Waals surface area contributed by atoms with E-state index in [0.29, 0.717) is 24.4 Å². The number of carbonyl (C=O) groups is 2. The van der Waals surface area contributed by atoms with Crippen LogP contribution in [0.3, 0.4) is 0 Å². The first-order valence-corrected chi connectivity index (χ1v) is 11.2. The van der Waals surface area contributed by atoms with Gasteiger partial charge in [0.15, 0.2) is 5.78 Å². The second-order valence-corrected chi connectivity index (χ2v) is 8.59. The van der Waals surface area contributed by atoms with E-state index < -0.39 is 0 Å². The third-order valence-electron chi connectivity index (χ3n) is 5.68. The molecule has 3 aromatic rings. The van der Waals surface area contributed by atoms with Crippen LogP contribution in [-0.2, 0) is 4.79 Å². The molecule has 1 amide bonds. The smallest absolute Gasteiger partial charge is 0.232 e. The van der Waals surface area contributed by atoms with Gasteiger partial charge in [-0.1, -0.05) is 30.3 Å². The van der Waals surface area contributed by atoms with Crippen LogP contribution in [-0.4, -0.2) is 42.5 Å². The predicted octanol–water partition coefficient (Wildman–Crippen LogP) is 5.06. The van der Waals surface area contributed by atoms with Crippen LogP contribution in [0.25, 0.3) is 10.8 Å². The van der Waals surface area contributed by atoms with Gasteiger partial charge in [0.1, 0.15) is 5.75 Å². The molecule has 0 atom stereocenters. The lowest BCUT2D eigenvalue weighted by atomic mass is 9.89. The number of ether oxygens (including phenoxy) is 1. The highest BCUT2D eigenvalue weighted by Gasteiger charge is 2.27. The number of likely N-dealkylation sites (tertiary alicyclic amines) is 1. The molecular weight excluding hydrogens is 394 g/mol. The predicted molar refractivity (Wildman–Crippen MR) is 121 cm³/mol. The molecule has 5 heteroatoms. The molecular formula is C25H25NO3S. The highest BCUT2D eigenvalue weighted by atomic mass is 32.2. The van der Waals surface area contributed by atoms with Gasteiger partial charge >= 0.3 is 0 Å². The van der Waals surface area contributed by atoms with Crippen molar-refractivity contribution in [2.75, 3.05) is 26.0 Å². The maximum Gasteiger partial charge on any atom is 0.232 e. The number of fused-ring (bicyclic) bond motifs is 1. The molecule has 1 aliphatic heterocycles. The number of piperidine rings is 1. The van der Waals surface area contributed by atoms with Gasteiger partial charge < -0.3 is 9.64 Å². The lowest BCUT2D eigenvalue weighted by Gasteiger charge is -2.31. The molecule has 4 rings (SSSR count). The van der Waals surface area contributed by atoms with Crippen LogP contribution < -0.4 is 4.74 Å². The van der Waals surface area contributed by atoms with E-state index in [1.807, 2.05) is 41.3 Å². The summed E-state index contributed by atoms with van der Waals surface area (Å²) in [5.41, 5.74) is 0.715. The molecule has 0 N–H and O–H groups in total. The summed E-state index contributed by atoms with van der Waals surface area (Å²) < 4.78 is 5.15. The molecule has 0 aromatic heterocycles. The fourth-order valence-corrected chi connectivity index (χ4v) is 4.72. The van der Waals surface area contributed by atoms with Crippen molar-refractivity contribution in [3.8, 4) is 5.75 Å². The first-order chi connectivity index (χ1) is 14.6. The maximum absolute atomic E-state index is 12.7. The van der Waals surface area contributed by atoms with Crippen LogP contribution in [0, 0.1) is 5.92 Å². The zero-order chi connectivity index (χ0) is 20.9. The zero-order valence-electron chi connectivity index (χ0n) is 17.0. The van der Waals surface area contributed by atoms with Gasteiger partial charge in [-0.2, -0.15) is 0 Å². The van der Waals surface area contributed by atoms with E-state index in [9.17, 15) is 9.59 Å². The molecule has 1 saturated heterocycles. The summed E-state index contributed by atoms with van der Waals surface area (Å²) >= 11 is 1.57. The van der Waals surface area contributed by atoms with Crippen molar-refractivity contribution in [2.45, 2.75) is 17.7 Å². The van der Waals surface area contributed by atoms with Gasteiger partial charge in [0, 0.05) is 29.5 Å².